The molecular weight excluding hydrogens is 284 g/mol. The average Bonchev–Trinajstić information content (AvgIpc) is 2.45. The number of nitrogens with zero attached hydrogens (tertiary/aromatic N) is 1. The number of sulfonamides is 1. The molecule has 0 saturated carbocycles. The van der Waals surface area contributed by atoms with Crippen LogP contribution < -0.4 is 5.32 Å². The largest absolute Gasteiger partial charge is 0.384 e. The molecule has 1 saturated heterocycles. The third-order valence-corrected chi connectivity index (χ3v) is 6.10. The van der Waals surface area contributed by atoms with E-state index in [4.69, 9.17) is 0 Å². The van der Waals surface area contributed by atoms with Crippen molar-refractivity contribution >= 4 is 15.7 Å². The Bertz CT molecular complexity index is 572. The van der Waals surface area contributed by atoms with E-state index in [1.807, 2.05) is 12.1 Å². The zero-order chi connectivity index (χ0) is 15.5. The van der Waals surface area contributed by atoms with Gasteiger partial charge in [0.15, 0.2) is 0 Å². The molecule has 4 nitrogen and oxygen atoms in total. The maximum Gasteiger partial charge on any atom is 0.245 e. The molecule has 1 heterocycles. The number of anilines is 1. The average molecular weight is 310 g/mol. The lowest BCUT2D eigenvalue weighted by Gasteiger charge is -2.36. The van der Waals surface area contributed by atoms with Crippen molar-refractivity contribution in [1.29, 1.82) is 0 Å². The van der Waals surface area contributed by atoms with Crippen molar-refractivity contribution in [3.8, 4) is 0 Å². The second-order valence-electron chi connectivity index (χ2n) is 6.49. The maximum absolute atomic E-state index is 12.9. The van der Waals surface area contributed by atoms with E-state index < -0.39 is 10.0 Å². The predicted molar refractivity (Wildman–Crippen MR) is 87.0 cm³/mol. The van der Waals surface area contributed by atoms with Gasteiger partial charge < -0.3 is 5.32 Å². The van der Waals surface area contributed by atoms with Gasteiger partial charge in [0.2, 0.25) is 10.0 Å². The van der Waals surface area contributed by atoms with Gasteiger partial charge in [0, 0.05) is 19.6 Å². The number of para-hydroxylation sites is 1. The van der Waals surface area contributed by atoms with Crippen molar-refractivity contribution in [1.82, 2.24) is 4.31 Å². The van der Waals surface area contributed by atoms with E-state index in [9.17, 15) is 8.42 Å². The van der Waals surface area contributed by atoms with Crippen LogP contribution in [0.3, 0.4) is 0 Å². The lowest BCUT2D eigenvalue weighted by molar-refractivity contribution is 0.196. The molecule has 0 unspecified atom stereocenters. The Morgan fingerprint density at radius 1 is 1.19 bits per heavy atom. The zero-order valence-corrected chi connectivity index (χ0v) is 14.0. The summed E-state index contributed by atoms with van der Waals surface area (Å²) in [4.78, 5) is 0.401. The Hall–Kier alpha value is -1.07. The van der Waals surface area contributed by atoms with E-state index in [2.05, 4.69) is 26.1 Å². The van der Waals surface area contributed by atoms with Gasteiger partial charge in [0.05, 0.1) is 5.69 Å². The summed E-state index contributed by atoms with van der Waals surface area (Å²) < 4.78 is 27.4. The number of rotatable bonds is 5. The molecule has 1 aromatic carbocycles. The van der Waals surface area contributed by atoms with Crippen molar-refractivity contribution in [2.24, 2.45) is 5.41 Å². The Labute approximate surface area is 128 Å². The number of hydrogen-bond donors (Lipinski definition) is 1. The number of hydrogen-bond acceptors (Lipinski definition) is 3. The van der Waals surface area contributed by atoms with Crippen LogP contribution in [-0.2, 0) is 10.0 Å². The molecule has 5 heteroatoms. The van der Waals surface area contributed by atoms with E-state index in [0.717, 1.165) is 25.8 Å². The van der Waals surface area contributed by atoms with Gasteiger partial charge in [-0.1, -0.05) is 32.9 Å². The van der Waals surface area contributed by atoms with Crippen molar-refractivity contribution < 1.29 is 8.42 Å². The first-order valence-electron chi connectivity index (χ1n) is 7.70. The van der Waals surface area contributed by atoms with Crippen LogP contribution in [-0.4, -0.2) is 32.4 Å². The molecule has 1 aliphatic heterocycles. The van der Waals surface area contributed by atoms with Crippen LogP contribution in [0.2, 0.25) is 0 Å². The van der Waals surface area contributed by atoms with Gasteiger partial charge in [0.1, 0.15) is 4.90 Å². The van der Waals surface area contributed by atoms with E-state index in [1.165, 1.54) is 0 Å². The summed E-state index contributed by atoms with van der Waals surface area (Å²) in [7, 11) is -3.40. The third kappa shape index (κ3) is 3.77. The molecule has 0 atom stereocenters. The molecule has 1 fully saturated rings. The van der Waals surface area contributed by atoms with Crippen molar-refractivity contribution in [2.75, 3.05) is 25.0 Å². The fraction of sp³-hybridized carbons (Fsp3) is 0.625. The highest BCUT2D eigenvalue weighted by atomic mass is 32.2. The highest BCUT2D eigenvalue weighted by molar-refractivity contribution is 7.89. The summed E-state index contributed by atoms with van der Waals surface area (Å²) in [6.07, 6.45) is 2.79. The van der Waals surface area contributed by atoms with Crippen LogP contribution in [0.5, 0.6) is 0 Å². The minimum Gasteiger partial charge on any atom is -0.384 e. The Kier molecular flexibility index (Phi) is 4.94. The Balaban J connectivity index is 2.24. The van der Waals surface area contributed by atoms with Crippen LogP contribution >= 0.6 is 0 Å². The second kappa shape index (κ2) is 6.36. The molecule has 0 amide bonds. The van der Waals surface area contributed by atoms with Crippen LogP contribution in [0.1, 0.15) is 40.0 Å². The number of nitrogens with one attached hydrogen (secondary N) is 1. The third-order valence-electron chi connectivity index (χ3n) is 4.15. The van der Waals surface area contributed by atoms with Gasteiger partial charge in [-0.25, -0.2) is 8.42 Å². The molecule has 21 heavy (non-hydrogen) atoms. The fourth-order valence-electron chi connectivity index (χ4n) is 2.57. The predicted octanol–water partition coefficient (Wildman–Crippen LogP) is 3.32. The maximum atomic E-state index is 12.9. The molecule has 0 bridgehead atoms. The first-order chi connectivity index (χ1) is 9.87. The molecular formula is C16H26N2O2S. The molecule has 1 N–H and O–H groups in total. The van der Waals surface area contributed by atoms with Crippen LogP contribution in [0.25, 0.3) is 0 Å². The lowest BCUT2D eigenvalue weighted by atomic mass is 9.83. The van der Waals surface area contributed by atoms with Crippen molar-refractivity contribution in [2.45, 2.75) is 44.9 Å². The van der Waals surface area contributed by atoms with E-state index in [1.54, 1.807) is 16.4 Å². The Morgan fingerprint density at radius 3 is 2.43 bits per heavy atom. The first-order valence-corrected chi connectivity index (χ1v) is 9.14. The summed E-state index contributed by atoms with van der Waals surface area (Å²) in [5.74, 6) is 0. The normalized spacial score (nSPS) is 19.4. The summed E-state index contributed by atoms with van der Waals surface area (Å²) >= 11 is 0. The smallest absolute Gasteiger partial charge is 0.245 e. The molecule has 2 rings (SSSR count). The zero-order valence-electron chi connectivity index (χ0n) is 13.2. The minimum absolute atomic E-state index is 0.242. The molecule has 1 aliphatic rings. The molecule has 1 aromatic rings. The van der Waals surface area contributed by atoms with Gasteiger partial charge in [-0.3, -0.25) is 0 Å². The molecule has 118 valence electrons. The van der Waals surface area contributed by atoms with Crippen molar-refractivity contribution in [3.63, 3.8) is 0 Å². The fourth-order valence-corrected chi connectivity index (χ4v) is 4.18. The van der Waals surface area contributed by atoms with Gasteiger partial charge >= 0.3 is 0 Å². The van der Waals surface area contributed by atoms with E-state index in [0.29, 0.717) is 23.7 Å². The SMILES string of the molecule is CCCNc1ccccc1S(=O)(=O)N1CCC(C)(C)CC1. The summed E-state index contributed by atoms with van der Waals surface area (Å²) in [6, 6.07) is 7.21. The highest BCUT2D eigenvalue weighted by Gasteiger charge is 2.33. The summed E-state index contributed by atoms with van der Waals surface area (Å²) in [6.45, 7) is 8.46. The van der Waals surface area contributed by atoms with Crippen LogP contribution in [0.4, 0.5) is 5.69 Å². The summed E-state index contributed by atoms with van der Waals surface area (Å²) in [5, 5.41) is 3.22. The highest BCUT2D eigenvalue weighted by Crippen LogP contribution is 2.33. The lowest BCUT2D eigenvalue weighted by Crippen LogP contribution is -2.41. The Morgan fingerprint density at radius 2 is 1.81 bits per heavy atom. The van der Waals surface area contributed by atoms with Crippen LogP contribution in [0, 0.1) is 5.41 Å². The number of piperidine rings is 1. The molecule has 0 aliphatic carbocycles. The van der Waals surface area contributed by atoms with E-state index >= 15 is 0 Å². The molecule has 0 spiro atoms. The number of benzene rings is 1. The first kappa shape index (κ1) is 16.3. The quantitative estimate of drug-likeness (QED) is 0.907. The monoisotopic (exact) mass is 310 g/mol. The van der Waals surface area contributed by atoms with Crippen LogP contribution in [0.15, 0.2) is 29.2 Å². The molecule has 0 radical (unpaired) electrons. The summed E-state index contributed by atoms with van der Waals surface area (Å²) in [5.41, 5.74) is 0.954. The topological polar surface area (TPSA) is 49.4 Å². The van der Waals surface area contributed by atoms with Gasteiger partial charge in [-0.2, -0.15) is 4.31 Å². The van der Waals surface area contributed by atoms with Gasteiger partial charge in [-0.15, -0.1) is 0 Å². The second-order valence-corrected chi connectivity index (χ2v) is 8.40. The molecule has 0 aromatic heterocycles. The van der Waals surface area contributed by atoms with Crippen molar-refractivity contribution in [3.05, 3.63) is 24.3 Å². The minimum atomic E-state index is -3.40. The van der Waals surface area contributed by atoms with Gasteiger partial charge in [-0.05, 0) is 36.8 Å². The standard InChI is InChI=1S/C16H26N2O2S/c1-4-11-17-14-7-5-6-8-15(14)21(19,20)18-12-9-16(2,3)10-13-18/h5-8,17H,4,9-13H2,1-3H3. The van der Waals surface area contributed by atoms with Gasteiger partial charge in [0.25, 0.3) is 0 Å². The van der Waals surface area contributed by atoms with E-state index in [-0.39, 0.29) is 5.41 Å².